The van der Waals surface area contributed by atoms with Gasteiger partial charge >= 0.3 is 5.69 Å². The van der Waals surface area contributed by atoms with Gasteiger partial charge in [0.25, 0.3) is 5.56 Å². The van der Waals surface area contributed by atoms with Gasteiger partial charge in [0.05, 0.1) is 15.8 Å². The molecule has 0 radical (unpaired) electrons. The van der Waals surface area contributed by atoms with Crippen LogP contribution in [0.2, 0.25) is 0 Å². The summed E-state index contributed by atoms with van der Waals surface area (Å²) in [6, 6.07) is 9.69. The lowest BCUT2D eigenvalue weighted by Gasteiger charge is -2.18. The Morgan fingerprint density at radius 3 is 2.52 bits per heavy atom. The molecule has 0 aliphatic heterocycles. The lowest BCUT2D eigenvalue weighted by Crippen LogP contribution is -2.27. The van der Waals surface area contributed by atoms with Crippen LogP contribution in [0.25, 0.3) is 10.9 Å². The van der Waals surface area contributed by atoms with Crippen molar-refractivity contribution in [3.8, 4) is 0 Å². The molecule has 0 bridgehead atoms. The second-order valence-corrected chi connectivity index (χ2v) is 7.51. The summed E-state index contributed by atoms with van der Waals surface area (Å²) in [5.74, 6) is -0.503. The van der Waals surface area contributed by atoms with Crippen LogP contribution in [0, 0.1) is 5.82 Å². The fourth-order valence-corrected chi connectivity index (χ4v) is 3.61. The first kappa shape index (κ1) is 17.1. The molecule has 0 aliphatic rings. The van der Waals surface area contributed by atoms with Crippen molar-refractivity contribution in [2.75, 3.05) is 7.05 Å². The van der Waals surface area contributed by atoms with Crippen molar-refractivity contribution in [2.45, 2.75) is 11.4 Å². The van der Waals surface area contributed by atoms with E-state index in [1.165, 1.54) is 43.4 Å². The highest BCUT2D eigenvalue weighted by atomic mass is 32.2. The van der Waals surface area contributed by atoms with E-state index in [1.807, 2.05) is 4.98 Å². The summed E-state index contributed by atoms with van der Waals surface area (Å²) in [5.41, 5.74) is -0.904. The second-order valence-electron chi connectivity index (χ2n) is 5.47. The van der Waals surface area contributed by atoms with Gasteiger partial charge < -0.3 is 4.98 Å². The monoisotopic (exact) mass is 363 g/mol. The van der Waals surface area contributed by atoms with Crippen molar-refractivity contribution in [3.63, 3.8) is 0 Å². The first-order valence-corrected chi connectivity index (χ1v) is 8.69. The van der Waals surface area contributed by atoms with Crippen molar-refractivity contribution >= 4 is 20.9 Å². The van der Waals surface area contributed by atoms with Gasteiger partial charge in [0, 0.05) is 19.2 Å². The van der Waals surface area contributed by atoms with Crippen molar-refractivity contribution in [3.05, 3.63) is 74.7 Å². The highest BCUT2D eigenvalue weighted by Gasteiger charge is 2.22. The zero-order chi connectivity index (χ0) is 18.2. The number of sulfonamides is 1. The Bertz CT molecular complexity index is 1170. The average Bonchev–Trinajstić information content (AvgIpc) is 2.56. The molecule has 0 amide bonds. The fraction of sp³-hybridized carbons (Fsp3) is 0.125. The molecular weight excluding hydrogens is 349 g/mol. The molecule has 0 saturated carbocycles. The number of nitrogens with zero attached hydrogens (tertiary/aromatic N) is 1. The number of benzene rings is 2. The largest absolute Gasteiger partial charge is 0.326 e. The molecule has 2 N–H and O–H groups in total. The summed E-state index contributed by atoms with van der Waals surface area (Å²) >= 11 is 0. The quantitative estimate of drug-likeness (QED) is 0.726. The van der Waals surface area contributed by atoms with Crippen LogP contribution in [0.15, 0.2) is 56.9 Å². The Hall–Kier alpha value is -2.78. The van der Waals surface area contributed by atoms with Crippen LogP contribution in [-0.2, 0) is 16.6 Å². The minimum Gasteiger partial charge on any atom is -0.307 e. The first-order chi connectivity index (χ1) is 11.8. The lowest BCUT2D eigenvalue weighted by atomic mass is 10.2. The number of halogens is 1. The Labute approximate surface area is 141 Å². The van der Waals surface area contributed by atoms with Crippen molar-refractivity contribution in [1.29, 1.82) is 0 Å². The molecule has 3 rings (SSSR count). The summed E-state index contributed by atoms with van der Waals surface area (Å²) in [7, 11) is -2.63. The molecule has 1 aromatic heterocycles. The molecule has 0 unspecified atom stereocenters. The van der Waals surface area contributed by atoms with Gasteiger partial charge in [-0.1, -0.05) is 18.2 Å². The van der Waals surface area contributed by atoms with Crippen molar-refractivity contribution in [1.82, 2.24) is 14.3 Å². The molecule has 0 atom stereocenters. The smallest absolute Gasteiger partial charge is 0.307 e. The molecular formula is C16H14FN3O4S. The number of rotatable bonds is 4. The van der Waals surface area contributed by atoms with Gasteiger partial charge in [0.2, 0.25) is 10.0 Å². The molecule has 25 heavy (non-hydrogen) atoms. The standard InChI is InChI=1S/C16H14FN3O4S/c1-20(9-10-4-2-3-5-13(10)17)25(23,24)11-6-7-14-12(8-11)15(21)19-16(22)18-14/h2-8H,9H2,1H3,(H2,18,19,21,22). The highest BCUT2D eigenvalue weighted by Crippen LogP contribution is 2.20. The second kappa shape index (κ2) is 6.26. The van der Waals surface area contributed by atoms with E-state index >= 15 is 0 Å². The fourth-order valence-electron chi connectivity index (χ4n) is 2.44. The van der Waals surface area contributed by atoms with Gasteiger partial charge in [-0.05, 0) is 24.3 Å². The van der Waals surface area contributed by atoms with Crippen LogP contribution in [0.4, 0.5) is 4.39 Å². The number of nitrogens with one attached hydrogen (secondary N) is 2. The number of hydrogen-bond acceptors (Lipinski definition) is 4. The van der Waals surface area contributed by atoms with Gasteiger partial charge in [-0.25, -0.2) is 17.6 Å². The Balaban J connectivity index is 2.02. The van der Waals surface area contributed by atoms with Crippen LogP contribution in [-0.4, -0.2) is 29.7 Å². The number of fused-ring (bicyclic) bond motifs is 1. The number of aromatic nitrogens is 2. The topological polar surface area (TPSA) is 103 Å². The molecule has 7 nitrogen and oxygen atoms in total. The van der Waals surface area contributed by atoms with E-state index in [4.69, 9.17) is 0 Å². The SMILES string of the molecule is CN(Cc1ccccc1F)S(=O)(=O)c1ccc2[nH]c(=O)[nH]c(=O)c2c1. The van der Waals surface area contributed by atoms with Crippen molar-refractivity contribution in [2.24, 2.45) is 0 Å². The zero-order valence-corrected chi connectivity index (χ0v) is 13.9. The third-order valence-electron chi connectivity index (χ3n) is 3.77. The first-order valence-electron chi connectivity index (χ1n) is 7.25. The maximum absolute atomic E-state index is 13.7. The third kappa shape index (κ3) is 3.24. The van der Waals surface area contributed by atoms with Crippen LogP contribution < -0.4 is 11.2 Å². The predicted molar refractivity (Wildman–Crippen MR) is 90.2 cm³/mol. The van der Waals surface area contributed by atoms with E-state index in [1.54, 1.807) is 6.07 Å². The van der Waals surface area contributed by atoms with Gasteiger partial charge in [0.15, 0.2) is 0 Å². The van der Waals surface area contributed by atoms with Crippen LogP contribution in [0.5, 0.6) is 0 Å². The van der Waals surface area contributed by atoms with Gasteiger partial charge in [-0.2, -0.15) is 4.31 Å². The minimum absolute atomic E-state index is 0.0416. The summed E-state index contributed by atoms with van der Waals surface area (Å²) in [5, 5.41) is 0.0416. The molecule has 0 spiro atoms. The van der Waals surface area contributed by atoms with Crippen LogP contribution in [0.3, 0.4) is 0 Å². The van der Waals surface area contributed by atoms with E-state index in [9.17, 15) is 22.4 Å². The van der Waals surface area contributed by atoms with Crippen LogP contribution >= 0.6 is 0 Å². The van der Waals surface area contributed by atoms with E-state index in [0.29, 0.717) is 0 Å². The summed E-state index contributed by atoms with van der Waals surface area (Å²) < 4.78 is 40.1. The molecule has 3 aromatic rings. The average molecular weight is 363 g/mol. The number of H-pyrrole nitrogens is 2. The maximum atomic E-state index is 13.7. The lowest BCUT2D eigenvalue weighted by molar-refractivity contribution is 0.456. The van der Waals surface area contributed by atoms with Crippen LogP contribution in [0.1, 0.15) is 5.56 Å². The highest BCUT2D eigenvalue weighted by molar-refractivity contribution is 7.89. The molecule has 0 saturated heterocycles. The summed E-state index contributed by atoms with van der Waals surface area (Å²) in [6.07, 6.45) is 0. The molecule has 0 fully saturated rings. The van der Waals surface area contributed by atoms with Gasteiger partial charge in [0.1, 0.15) is 5.82 Å². The summed E-state index contributed by atoms with van der Waals surface area (Å²) in [6.45, 7) is -0.158. The van der Waals surface area contributed by atoms with E-state index in [2.05, 4.69) is 4.98 Å². The maximum Gasteiger partial charge on any atom is 0.326 e. The molecule has 130 valence electrons. The van der Waals surface area contributed by atoms with Gasteiger partial charge in [-0.15, -0.1) is 0 Å². The van der Waals surface area contributed by atoms with E-state index in [-0.39, 0.29) is 27.9 Å². The zero-order valence-electron chi connectivity index (χ0n) is 13.1. The molecule has 1 heterocycles. The molecule has 0 aliphatic carbocycles. The number of hydrogen-bond donors (Lipinski definition) is 2. The third-order valence-corrected chi connectivity index (χ3v) is 5.57. The summed E-state index contributed by atoms with van der Waals surface area (Å²) in [4.78, 5) is 27.4. The Morgan fingerprint density at radius 2 is 1.80 bits per heavy atom. The minimum atomic E-state index is -3.95. The van der Waals surface area contributed by atoms with Gasteiger partial charge in [-0.3, -0.25) is 9.78 Å². The molecule has 9 heteroatoms. The number of aromatic amines is 2. The van der Waals surface area contributed by atoms with Crippen molar-refractivity contribution < 1.29 is 12.8 Å². The Kier molecular flexibility index (Phi) is 4.27. The van der Waals surface area contributed by atoms with E-state index in [0.717, 1.165) is 4.31 Å². The predicted octanol–water partition coefficient (Wildman–Crippen LogP) is 1.18. The van der Waals surface area contributed by atoms with E-state index < -0.39 is 27.1 Å². The Morgan fingerprint density at radius 1 is 1.08 bits per heavy atom. The normalized spacial score (nSPS) is 12.0. The molecule has 2 aromatic carbocycles.